The van der Waals surface area contributed by atoms with E-state index in [0.717, 1.165) is 33.3 Å². The molecule has 0 radical (unpaired) electrons. The van der Waals surface area contributed by atoms with Crippen LogP contribution in [0.4, 0.5) is 0 Å². The van der Waals surface area contributed by atoms with Crippen molar-refractivity contribution < 1.29 is 0 Å². The van der Waals surface area contributed by atoms with Gasteiger partial charge in [0.2, 0.25) is 0 Å². The smallest absolute Gasteiger partial charge is 0.116 e. The van der Waals surface area contributed by atoms with Gasteiger partial charge in [-0.1, -0.05) is 0 Å². The van der Waals surface area contributed by atoms with Gasteiger partial charge in [0.25, 0.3) is 0 Å². The highest BCUT2D eigenvalue weighted by atomic mass is 14.9. The molecule has 0 aliphatic carbocycles. The van der Waals surface area contributed by atoms with E-state index in [1.807, 2.05) is 32.0 Å². The van der Waals surface area contributed by atoms with Crippen molar-refractivity contribution in [1.29, 1.82) is 0 Å². The highest BCUT2D eigenvalue weighted by Crippen LogP contribution is 2.08. The molecule has 0 fully saturated rings. The van der Waals surface area contributed by atoms with E-state index in [2.05, 4.69) is 29.9 Å². The molecule has 0 saturated heterocycles. The molecule has 4 rings (SSSR count). The van der Waals surface area contributed by atoms with Crippen molar-refractivity contribution in [2.24, 2.45) is 0 Å². The predicted molar refractivity (Wildman–Crippen MR) is 84.1 cm³/mol. The molecule has 6 heteroatoms. The molecule has 0 aliphatic heterocycles. The molecule has 0 aromatic carbocycles. The molecule has 0 bridgehead atoms. The van der Waals surface area contributed by atoms with Gasteiger partial charge in [-0.25, -0.2) is 24.9 Å². The zero-order valence-corrected chi connectivity index (χ0v) is 12.3. The van der Waals surface area contributed by atoms with Crippen molar-refractivity contribution in [3.8, 4) is 0 Å². The number of aromatic nitrogens is 6. The van der Waals surface area contributed by atoms with Gasteiger partial charge in [-0.3, -0.25) is 4.98 Å². The number of pyridine rings is 2. The Morgan fingerprint density at radius 2 is 1.45 bits per heavy atom. The molecule has 4 heterocycles. The van der Waals surface area contributed by atoms with Gasteiger partial charge < -0.3 is 0 Å². The van der Waals surface area contributed by atoms with Crippen LogP contribution in [0.15, 0.2) is 49.4 Å². The van der Waals surface area contributed by atoms with Crippen molar-refractivity contribution in [1.82, 2.24) is 29.9 Å². The minimum absolute atomic E-state index is 0.854. The molecule has 22 heavy (non-hydrogen) atoms. The van der Waals surface area contributed by atoms with Crippen LogP contribution in [0.5, 0.6) is 0 Å². The van der Waals surface area contributed by atoms with E-state index < -0.39 is 0 Å². The van der Waals surface area contributed by atoms with Crippen LogP contribution < -0.4 is 0 Å². The molecule has 4 aromatic heterocycles. The first-order valence-corrected chi connectivity index (χ1v) is 6.78. The van der Waals surface area contributed by atoms with E-state index >= 15 is 0 Å². The average Bonchev–Trinajstić information content (AvgIpc) is 2.55. The van der Waals surface area contributed by atoms with Gasteiger partial charge in [0.1, 0.15) is 18.2 Å². The number of nitrogens with zero attached hydrogens (tertiary/aromatic N) is 6. The third-order valence-electron chi connectivity index (χ3n) is 3.03. The minimum Gasteiger partial charge on any atom is -0.259 e. The molecule has 0 saturated carbocycles. The number of aryl methyl sites for hydroxylation is 2. The van der Waals surface area contributed by atoms with Crippen molar-refractivity contribution in [3.05, 3.63) is 60.8 Å². The normalized spacial score (nSPS) is 10.3. The maximum Gasteiger partial charge on any atom is 0.116 e. The van der Waals surface area contributed by atoms with Crippen molar-refractivity contribution >= 4 is 21.9 Å². The quantitative estimate of drug-likeness (QED) is 0.495. The third kappa shape index (κ3) is 3.17. The summed E-state index contributed by atoms with van der Waals surface area (Å²) in [5.41, 5.74) is 4.63. The Hall–Kier alpha value is -3.02. The first kappa shape index (κ1) is 13.9. The summed E-state index contributed by atoms with van der Waals surface area (Å²) < 4.78 is 0. The van der Waals surface area contributed by atoms with E-state index in [1.165, 1.54) is 12.7 Å². The Labute approximate surface area is 127 Å². The second-order valence-corrected chi connectivity index (χ2v) is 4.79. The van der Waals surface area contributed by atoms with Gasteiger partial charge in [0.05, 0.1) is 23.4 Å². The Balaban J connectivity index is 0.000000131. The van der Waals surface area contributed by atoms with Gasteiger partial charge in [0.15, 0.2) is 0 Å². The van der Waals surface area contributed by atoms with Crippen LogP contribution in [-0.4, -0.2) is 29.9 Å². The topological polar surface area (TPSA) is 77.3 Å². The Bertz CT molecular complexity index is 845. The van der Waals surface area contributed by atoms with Crippen LogP contribution in [0.25, 0.3) is 21.9 Å². The van der Waals surface area contributed by atoms with Crippen LogP contribution in [0.2, 0.25) is 0 Å². The summed E-state index contributed by atoms with van der Waals surface area (Å²) in [5, 5.41) is 1.04. The lowest BCUT2D eigenvalue weighted by Gasteiger charge is -1.94. The summed E-state index contributed by atoms with van der Waals surface area (Å²) in [4.78, 5) is 24.3. The third-order valence-corrected chi connectivity index (χ3v) is 3.03. The fourth-order valence-corrected chi connectivity index (χ4v) is 1.97. The second kappa shape index (κ2) is 6.17. The molecule has 0 amide bonds. The fraction of sp³-hybridized carbons (Fsp3) is 0.125. The minimum atomic E-state index is 0.854. The molecule has 0 spiro atoms. The zero-order valence-electron chi connectivity index (χ0n) is 12.3. The number of rotatable bonds is 0. The first-order chi connectivity index (χ1) is 10.7. The lowest BCUT2D eigenvalue weighted by Crippen LogP contribution is -1.85. The van der Waals surface area contributed by atoms with Gasteiger partial charge >= 0.3 is 0 Å². The molecular formula is C16H14N6. The standard InChI is InChI=1S/2C8H7N3/c1-6-2-7-3-9-5-11-8(7)4-10-6;1-6-2-3-7-8(11-6)4-9-5-10-7/h2*2-5H,1H3. The maximum absolute atomic E-state index is 4.25. The van der Waals surface area contributed by atoms with Crippen molar-refractivity contribution in [2.45, 2.75) is 13.8 Å². The zero-order chi connectivity index (χ0) is 15.4. The maximum atomic E-state index is 4.25. The molecule has 4 aromatic rings. The summed E-state index contributed by atoms with van der Waals surface area (Å²) in [5.74, 6) is 0. The van der Waals surface area contributed by atoms with Crippen LogP contribution in [0, 0.1) is 13.8 Å². The Kier molecular flexibility index (Phi) is 3.91. The highest BCUT2D eigenvalue weighted by Gasteiger charge is 1.94. The summed E-state index contributed by atoms with van der Waals surface area (Å²) in [6, 6.07) is 5.85. The SMILES string of the molecule is Cc1cc2cncnc2cn1.Cc1ccc2ncncc2n1. The van der Waals surface area contributed by atoms with Crippen LogP contribution >= 0.6 is 0 Å². The van der Waals surface area contributed by atoms with Gasteiger partial charge in [-0.05, 0) is 32.0 Å². The van der Waals surface area contributed by atoms with E-state index in [4.69, 9.17) is 0 Å². The van der Waals surface area contributed by atoms with E-state index in [9.17, 15) is 0 Å². The number of hydrogen-bond donors (Lipinski definition) is 0. The fourth-order valence-electron chi connectivity index (χ4n) is 1.97. The Morgan fingerprint density at radius 3 is 2.32 bits per heavy atom. The lowest BCUT2D eigenvalue weighted by atomic mass is 10.3. The van der Waals surface area contributed by atoms with Crippen LogP contribution in [0.1, 0.15) is 11.4 Å². The molecule has 0 N–H and O–H groups in total. The van der Waals surface area contributed by atoms with E-state index in [0.29, 0.717) is 0 Å². The molecule has 0 aliphatic rings. The molecule has 6 nitrogen and oxygen atoms in total. The van der Waals surface area contributed by atoms with Gasteiger partial charge in [-0.15, -0.1) is 0 Å². The summed E-state index contributed by atoms with van der Waals surface area (Å²) in [6.45, 7) is 3.90. The van der Waals surface area contributed by atoms with Crippen LogP contribution in [-0.2, 0) is 0 Å². The van der Waals surface area contributed by atoms with Gasteiger partial charge in [0, 0.05) is 23.0 Å². The van der Waals surface area contributed by atoms with Crippen molar-refractivity contribution in [2.75, 3.05) is 0 Å². The summed E-state index contributed by atoms with van der Waals surface area (Å²) in [6.07, 6.45) is 8.32. The predicted octanol–water partition coefficient (Wildman–Crippen LogP) is 2.67. The molecule has 0 atom stereocenters. The molecule has 0 unspecified atom stereocenters. The lowest BCUT2D eigenvalue weighted by molar-refractivity contribution is 1.17. The molecule has 108 valence electrons. The summed E-state index contributed by atoms with van der Waals surface area (Å²) >= 11 is 0. The molecular weight excluding hydrogens is 276 g/mol. The summed E-state index contributed by atoms with van der Waals surface area (Å²) in [7, 11) is 0. The largest absolute Gasteiger partial charge is 0.259 e. The Morgan fingerprint density at radius 1 is 0.682 bits per heavy atom. The first-order valence-electron chi connectivity index (χ1n) is 6.78. The number of hydrogen-bond acceptors (Lipinski definition) is 6. The number of fused-ring (bicyclic) bond motifs is 2. The monoisotopic (exact) mass is 290 g/mol. The van der Waals surface area contributed by atoms with E-state index in [1.54, 1.807) is 18.6 Å². The van der Waals surface area contributed by atoms with E-state index in [-0.39, 0.29) is 0 Å². The van der Waals surface area contributed by atoms with Gasteiger partial charge in [-0.2, -0.15) is 0 Å². The van der Waals surface area contributed by atoms with Crippen LogP contribution in [0.3, 0.4) is 0 Å². The van der Waals surface area contributed by atoms with Crippen molar-refractivity contribution in [3.63, 3.8) is 0 Å². The average molecular weight is 290 g/mol. The highest BCUT2D eigenvalue weighted by molar-refractivity contribution is 5.76. The second-order valence-electron chi connectivity index (χ2n) is 4.79.